The van der Waals surface area contributed by atoms with Crippen molar-refractivity contribution in [1.82, 2.24) is 0 Å². The van der Waals surface area contributed by atoms with Crippen LogP contribution in [-0.4, -0.2) is 15.2 Å². The van der Waals surface area contributed by atoms with Gasteiger partial charge in [-0.05, 0) is 44.4 Å². The van der Waals surface area contributed by atoms with Gasteiger partial charge in [-0.1, -0.05) is 101 Å². The molecule has 2 nitrogen and oxygen atoms in total. The molecule has 0 spiro atoms. The maximum atomic E-state index is 3.84. The first-order chi connectivity index (χ1) is 15.3. The molecule has 0 fully saturated rings. The maximum Gasteiger partial charge on any atom is 0.502 e. The van der Waals surface area contributed by atoms with Gasteiger partial charge in [-0.3, -0.25) is 0 Å². The Hall–Kier alpha value is -2.44. The number of allylic oxidation sites excluding steroid dienone is 1. The molecule has 0 aliphatic carbocycles. The van der Waals surface area contributed by atoms with Crippen LogP contribution in [0.2, 0.25) is 0 Å². The van der Waals surface area contributed by atoms with Gasteiger partial charge in [0, 0.05) is 22.3 Å². The highest BCUT2D eigenvalue weighted by Gasteiger charge is 2.43. The Balaban J connectivity index is 2.46. The number of rotatable bonds is 6. The minimum atomic E-state index is -0.0230. The lowest BCUT2D eigenvalue weighted by Gasteiger charge is -2.18. The Morgan fingerprint density at radius 3 is 1.30 bits per heavy atom. The highest BCUT2D eigenvalue weighted by atomic mass is 15.2. The van der Waals surface area contributed by atoms with Crippen molar-refractivity contribution < 1.29 is 9.15 Å². The van der Waals surface area contributed by atoms with E-state index in [1.807, 2.05) is 0 Å². The Morgan fingerprint density at radius 2 is 0.970 bits per heavy atom. The number of para-hydroxylation sites is 2. The molecule has 1 aliphatic rings. The zero-order valence-electron chi connectivity index (χ0n) is 22.7. The summed E-state index contributed by atoms with van der Waals surface area (Å²) in [6, 6.07) is 17.4. The molecule has 0 radical (unpaired) electrons. The normalized spacial score (nSPS) is 14.5. The van der Waals surface area contributed by atoms with E-state index >= 15 is 0 Å². The summed E-state index contributed by atoms with van der Waals surface area (Å²) >= 11 is 0. The van der Waals surface area contributed by atoms with Crippen LogP contribution in [0.3, 0.4) is 0 Å². The lowest BCUT2D eigenvalue weighted by Crippen LogP contribution is -2.19. The summed E-state index contributed by atoms with van der Waals surface area (Å²) in [6.07, 6.45) is 2.33. The molecule has 33 heavy (non-hydrogen) atoms. The smallest absolute Gasteiger partial charge is 0.0612 e. The molecular formula is C31H44N2+2. The van der Waals surface area contributed by atoms with E-state index in [4.69, 9.17) is 0 Å². The SMILES string of the molecule is CC(C)c1cccc(C(C)C)c1[N+]1=C=[N+](c2c(C(C)C)cccc2C(C)C)C(C(C)(C)C)=C1. The summed E-state index contributed by atoms with van der Waals surface area (Å²) in [5.41, 5.74) is 9.37. The third kappa shape index (κ3) is 4.92. The van der Waals surface area contributed by atoms with Crippen LogP contribution in [0.4, 0.5) is 11.4 Å². The molecule has 2 heteroatoms. The Labute approximate surface area is 202 Å². The first-order valence-electron chi connectivity index (χ1n) is 12.7. The van der Waals surface area contributed by atoms with E-state index in [1.165, 1.54) is 39.3 Å². The van der Waals surface area contributed by atoms with Gasteiger partial charge in [0.25, 0.3) is 11.9 Å². The predicted molar refractivity (Wildman–Crippen MR) is 142 cm³/mol. The predicted octanol–water partition coefficient (Wildman–Crippen LogP) is 9.24. The second kappa shape index (κ2) is 9.43. The summed E-state index contributed by atoms with van der Waals surface area (Å²) in [7, 11) is 0. The first kappa shape index (κ1) is 25.2. The Kier molecular flexibility index (Phi) is 7.20. The fraction of sp³-hybridized carbons (Fsp3) is 0.516. The van der Waals surface area contributed by atoms with Crippen molar-refractivity contribution in [2.45, 2.75) is 99.8 Å². The van der Waals surface area contributed by atoms with Gasteiger partial charge in [-0.25, -0.2) is 0 Å². The van der Waals surface area contributed by atoms with E-state index in [-0.39, 0.29) is 5.41 Å². The van der Waals surface area contributed by atoms with Gasteiger partial charge in [0.05, 0.1) is 5.41 Å². The van der Waals surface area contributed by atoms with Crippen LogP contribution in [0.15, 0.2) is 48.3 Å². The lowest BCUT2D eigenvalue weighted by molar-refractivity contribution is -0.407. The van der Waals surface area contributed by atoms with Crippen molar-refractivity contribution in [1.29, 1.82) is 0 Å². The molecule has 1 heterocycles. The van der Waals surface area contributed by atoms with Crippen molar-refractivity contribution in [2.24, 2.45) is 5.41 Å². The Bertz CT molecular complexity index is 1080. The molecule has 0 N–H and O–H groups in total. The van der Waals surface area contributed by atoms with Gasteiger partial charge in [0.15, 0.2) is 0 Å². The molecule has 176 valence electrons. The van der Waals surface area contributed by atoms with Gasteiger partial charge in [-0.15, -0.1) is 0 Å². The monoisotopic (exact) mass is 444 g/mol. The van der Waals surface area contributed by atoms with Gasteiger partial charge in [0.1, 0.15) is 0 Å². The first-order valence-corrected chi connectivity index (χ1v) is 12.7. The van der Waals surface area contributed by atoms with Crippen LogP contribution < -0.4 is 0 Å². The van der Waals surface area contributed by atoms with E-state index < -0.39 is 0 Å². The number of nitrogens with zero attached hydrogens (tertiary/aromatic N) is 2. The standard InChI is InChI=1S/C31H44N2/c1-20(2)24-14-12-15-25(21(3)4)29(24)32-18-28(31(9,10)11)33(19-32)30-26(22(5)6)16-13-17-27(30)23(7)8/h12-18,20-23H,1-11H3/q+2. The minimum absolute atomic E-state index is 0.0230. The Morgan fingerprint density at radius 1 is 0.606 bits per heavy atom. The summed E-state index contributed by atoms with van der Waals surface area (Å²) in [4.78, 5) is 0. The maximum absolute atomic E-state index is 3.84. The van der Waals surface area contributed by atoms with Crippen LogP contribution in [0.25, 0.3) is 0 Å². The van der Waals surface area contributed by atoms with E-state index in [2.05, 4.69) is 134 Å². The quantitative estimate of drug-likeness (QED) is 0.392. The van der Waals surface area contributed by atoms with Crippen LogP contribution in [0.5, 0.6) is 0 Å². The second-order valence-corrected chi connectivity index (χ2v) is 11.8. The van der Waals surface area contributed by atoms with Gasteiger partial charge >= 0.3 is 6.01 Å². The molecule has 0 saturated heterocycles. The summed E-state index contributed by atoms with van der Waals surface area (Å²) in [5, 5.41) is 0. The average Bonchev–Trinajstić information content (AvgIpc) is 3.17. The third-order valence-corrected chi connectivity index (χ3v) is 6.62. The molecule has 0 unspecified atom stereocenters. The fourth-order valence-electron chi connectivity index (χ4n) is 4.74. The van der Waals surface area contributed by atoms with E-state index in [9.17, 15) is 0 Å². The lowest BCUT2D eigenvalue weighted by atomic mass is 9.88. The largest absolute Gasteiger partial charge is 0.502 e. The topological polar surface area (TPSA) is 6.02 Å². The minimum Gasteiger partial charge on any atom is -0.0612 e. The number of benzene rings is 2. The molecule has 1 aliphatic heterocycles. The van der Waals surface area contributed by atoms with Crippen molar-refractivity contribution >= 4 is 17.4 Å². The highest BCUT2D eigenvalue weighted by Crippen LogP contribution is 2.42. The van der Waals surface area contributed by atoms with Crippen LogP contribution in [0.1, 0.15) is 122 Å². The fourth-order valence-corrected chi connectivity index (χ4v) is 4.74. The molecule has 0 saturated carbocycles. The number of hydrogen-bond acceptors (Lipinski definition) is 0. The second-order valence-electron chi connectivity index (χ2n) is 11.8. The molecular weight excluding hydrogens is 400 g/mol. The van der Waals surface area contributed by atoms with Gasteiger partial charge in [-0.2, -0.15) is 0 Å². The molecule has 3 rings (SSSR count). The van der Waals surface area contributed by atoms with E-state index in [0.717, 1.165) is 0 Å². The molecule has 2 aromatic carbocycles. The molecule has 0 aromatic heterocycles. The van der Waals surface area contributed by atoms with Crippen molar-refractivity contribution in [3.05, 3.63) is 70.5 Å². The molecule has 0 amide bonds. The van der Waals surface area contributed by atoms with E-state index in [0.29, 0.717) is 23.7 Å². The third-order valence-electron chi connectivity index (χ3n) is 6.62. The van der Waals surface area contributed by atoms with E-state index in [1.54, 1.807) is 0 Å². The van der Waals surface area contributed by atoms with Crippen LogP contribution >= 0.6 is 0 Å². The summed E-state index contributed by atoms with van der Waals surface area (Å²) < 4.78 is 4.65. The number of hydrogen-bond donors (Lipinski definition) is 0. The van der Waals surface area contributed by atoms with Crippen molar-refractivity contribution in [3.63, 3.8) is 0 Å². The zero-order chi connectivity index (χ0) is 24.7. The zero-order valence-corrected chi connectivity index (χ0v) is 22.7. The molecule has 0 atom stereocenters. The summed E-state index contributed by atoms with van der Waals surface area (Å²) in [6.45, 7) is 25.2. The summed E-state index contributed by atoms with van der Waals surface area (Å²) in [5.74, 6) is 1.75. The average molecular weight is 445 g/mol. The molecule has 2 aromatic rings. The van der Waals surface area contributed by atoms with Crippen LogP contribution in [-0.2, 0) is 0 Å². The van der Waals surface area contributed by atoms with Crippen molar-refractivity contribution in [2.75, 3.05) is 0 Å². The van der Waals surface area contributed by atoms with Crippen LogP contribution in [0, 0.1) is 5.41 Å². The van der Waals surface area contributed by atoms with Crippen molar-refractivity contribution in [3.8, 4) is 0 Å². The highest BCUT2D eigenvalue weighted by molar-refractivity contribution is 5.58. The van der Waals surface area contributed by atoms with Gasteiger partial charge in [0.2, 0.25) is 11.4 Å². The molecule has 0 bridgehead atoms. The van der Waals surface area contributed by atoms with Gasteiger partial charge < -0.3 is 0 Å².